The van der Waals surface area contributed by atoms with Crippen molar-refractivity contribution in [2.75, 3.05) is 6.54 Å². The van der Waals surface area contributed by atoms with Gasteiger partial charge >= 0.3 is 12.1 Å². The number of ether oxygens (including phenoxy) is 2. The monoisotopic (exact) mass is 634 g/mol. The molecule has 3 atom stereocenters. The third-order valence-corrected chi connectivity index (χ3v) is 8.43. The standard InChI is InChI=1S/C34H39BrN2O5/c1-32(2,3)42-31(39)37-19-9-13-27(28(37)23-11-7-6-8-12-23)34(16-10-18-36-34)30(38)41-33(4,5)17-14-24-21-26(35)22-25-15-20-40-29(24)25/h6-8,10-12,15-16,18,20-22,27-28H,9,13-14,17,19H2,1-5H3. The molecule has 3 unspecified atom stereocenters. The number of fused-ring (bicyclic) bond motifs is 1. The Labute approximate surface area is 256 Å². The maximum absolute atomic E-state index is 14.3. The number of allylic oxidation sites excluding steroid dienone is 1. The van der Waals surface area contributed by atoms with Crippen LogP contribution in [0.3, 0.4) is 0 Å². The summed E-state index contributed by atoms with van der Waals surface area (Å²) >= 11 is 3.59. The summed E-state index contributed by atoms with van der Waals surface area (Å²) in [7, 11) is 0. The van der Waals surface area contributed by atoms with Gasteiger partial charge in [-0.25, -0.2) is 9.59 Å². The molecule has 2 aliphatic heterocycles. The number of furan rings is 1. The van der Waals surface area contributed by atoms with Crippen molar-refractivity contribution < 1.29 is 23.5 Å². The largest absolute Gasteiger partial charge is 0.464 e. The predicted octanol–water partition coefficient (Wildman–Crippen LogP) is 8.22. The molecule has 5 rings (SSSR count). The number of carbonyl (C=O) groups is 2. The smallest absolute Gasteiger partial charge is 0.410 e. The minimum Gasteiger partial charge on any atom is -0.464 e. The van der Waals surface area contributed by atoms with Gasteiger partial charge in [-0.05, 0) is 102 Å². The SMILES string of the molecule is CC(C)(C)OC(=O)N1CCCC(C2(C(=O)OC(C)(C)CCc3cc(Br)cc4ccoc34)C=CC=N2)C1c1ccccc1. The van der Waals surface area contributed by atoms with Crippen molar-refractivity contribution in [3.63, 3.8) is 0 Å². The van der Waals surface area contributed by atoms with E-state index in [-0.39, 0.29) is 5.92 Å². The number of hydrogen-bond acceptors (Lipinski definition) is 6. The van der Waals surface area contributed by atoms with Crippen LogP contribution in [-0.2, 0) is 20.7 Å². The number of benzene rings is 2. The summed E-state index contributed by atoms with van der Waals surface area (Å²) in [4.78, 5) is 34.3. The van der Waals surface area contributed by atoms with Gasteiger partial charge in [0.1, 0.15) is 16.8 Å². The number of likely N-dealkylation sites (tertiary alicyclic amines) is 1. The van der Waals surface area contributed by atoms with E-state index in [1.807, 2.05) is 89.2 Å². The van der Waals surface area contributed by atoms with Crippen LogP contribution in [0.15, 0.2) is 80.8 Å². The number of esters is 1. The second kappa shape index (κ2) is 11.7. The van der Waals surface area contributed by atoms with Crippen molar-refractivity contribution in [2.45, 2.75) is 83.1 Å². The summed E-state index contributed by atoms with van der Waals surface area (Å²) in [6.45, 7) is 9.98. The predicted molar refractivity (Wildman–Crippen MR) is 168 cm³/mol. The second-order valence-corrected chi connectivity index (χ2v) is 13.7. The van der Waals surface area contributed by atoms with Gasteiger partial charge in [0.25, 0.3) is 0 Å². The zero-order valence-electron chi connectivity index (χ0n) is 24.9. The van der Waals surface area contributed by atoms with E-state index >= 15 is 0 Å². The summed E-state index contributed by atoms with van der Waals surface area (Å²) in [5, 5.41) is 1.03. The fourth-order valence-corrected chi connectivity index (χ4v) is 6.58. The number of carbonyl (C=O) groups excluding carboxylic acids is 2. The summed E-state index contributed by atoms with van der Waals surface area (Å²) in [5.41, 5.74) is 0.142. The number of halogens is 1. The zero-order valence-corrected chi connectivity index (χ0v) is 26.5. The molecule has 8 heteroatoms. The Morgan fingerprint density at radius 1 is 1.10 bits per heavy atom. The Kier molecular flexibility index (Phi) is 8.39. The molecule has 1 saturated heterocycles. The van der Waals surface area contributed by atoms with E-state index in [2.05, 4.69) is 15.9 Å². The van der Waals surface area contributed by atoms with Crippen LogP contribution < -0.4 is 0 Å². The number of piperidine rings is 1. The first-order valence-corrected chi connectivity index (χ1v) is 15.3. The molecule has 1 fully saturated rings. The van der Waals surface area contributed by atoms with Crippen LogP contribution in [0.2, 0.25) is 0 Å². The first-order valence-electron chi connectivity index (χ1n) is 14.6. The number of amides is 1. The molecule has 0 saturated carbocycles. The minimum atomic E-state index is -1.26. The summed E-state index contributed by atoms with van der Waals surface area (Å²) in [6.07, 6.45) is 9.27. The zero-order chi connectivity index (χ0) is 30.1. The number of aryl methyl sites for hydroxylation is 1. The van der Waals surface area contributed by atoms with Gasteiger partial charge in [-0.1, -0.05) is 46.3 Å². The van der Waals surface area contributed by atoms with E-state index in [9.17, 15) is 9.59 Å². The highest BCUT2D eigenvalue weighted by Crippen LogP contribution is 2.47. The van der Waals surface area contributed by atoms with Gasteiger partial charge in [-0.2, -0.15) is 0 Å². The van der Waals surface area contributed by atoms with Crippen LogP contribution in [0.5, 0.6) is 0 Å². The average Bonchev–Trinajstić information content (AvgIpc) is 3.61. The number of aliphatic imine (C=N–C) groups is 1. The van der Waals surface area contributed by atoms with Gasteiger partial charge in [0.2, 0.25) is 0 Å². The Bertz CT molecular complexity index is 1490. The van der Waals surface area contributed by atoms with Gasteiger partial charge in [0.05, 0.1) is 12.3 Å². The molecule has 0 spiro atoms. The van der Waals surface area contributed by atoms with Gasteiger partial charge in [-0.15, -0.1) is 0 Å². The van der Waals surface area contributed by atoms with Crippen LogP contribution in [0.4, 0.5) is 4.79 Å². The van der Waals surface area contributed by atoms with Crippen molar-refractivity contribution >= 4 is 45.2 Å². The molecule has 42 heavy (non-hydrogen) atoms. The molecular weight excluding hydrogens is 596 g/mol. The molecule has 7 nitrogen and oxygen atoms in total. The minimum absolute atomic E-state index is 0.340. The van der Waals surface area contributed by atoms with Gasteiger partial charge in [0, 0.05) is 28.5 Å². The van der Waals surface area contributed by atoms with Crippen molar-refractivity contribution in [3.05, 3.63) is 82.5 Å². The summed E-state index contributed by atoms with van der Waals surface area (Å²) < 4.78 is 18.8. The molecule has 2 aliphatic rings. The van der Waals surface area contributed by atoms with E-state index < -0.39 is 34.8 Å². The Balaban J connectivity index is 1.42. The second-order valence-electron chi connectivity index (χ2n) is 12.8. The summed E-state index contributed by atoms with van der Waals surface area (Å²) in [5.74, 6) is -0.751. The van der Waals surface area contributed by atoms with Crippen LogP contribution in [0, 0.1) is 5.92 Å². The highest BCUT2D eigenvalue weighted by Gasteiger charge is 2.54. The average molecular weight is 636 g/mol. The molecule has 0 bridgehead atoms. The first kappa shape index (κ1) is 30.1. The lowest BCUT2D eigenvalue weighted by atomic mass is 9.72. The normalized spacial score (nSPS) is 22.5. The quantitative estimate of drug-likeness (QED) is 0.245. The molecule has 3 heterocycles. The van der Waals surface area contributed by atoms with Crippen molar-refractivity contribution in [1.82, 2.24) is 4.90 Å². The van der Waals surface area contributed by atoms with E-state index in [1.165, 1.54) is 0 Å². The van der Waals surface area contributed by atoms with Crippen LogP contribution in [-0.4, -0.2) is 46.5 Å². The number of hydrogen-bond donors (Lipinski definition) is 0. The lowest BCUT2D eigenvalue weighted by Crippen LogP contribution is -2.55. The van der Waals surface area contributed by atoms with Gasteiger partial charge in [0.15, 0.2) is 5.54 Å². The van der Waals surface area contributed by atoms with E-state index in [4.69, 9.17) is 18.9 Å². The fourth-order valence-electron chi connectivity index (χ4n) is 6.06. The third-order valence-electron chi connectivity index (χ3n) is 7.98. The highest BCUT2D eigenvalue weighted by molar-refractivity contribution is 9.10. The molecule has 3 aromatic rings. The Morgan fingerprint density at radius 3 is 2.55 bits per heavy atom. The van der Waals surface area contributed by atoms with E-state index in [0.29, 0.717) is 25.8 Å². The molecule has 2 aromatic carbocycles. The molecule has 0 aliphatic carbocycles. The molecular formula is C34H39BrN2O5. The van der Waals surface area contributed by atoms with Crippen LogP contribution in [0.25, 0.3) is 11.0 Å². The topological polar surface area (TPSA) is 81.3 Å². The van der Waals surface area contributed by atoms with Crippen LogP contribution in [0.1, 0.15) is 71.0 Å². The molecule has 1 amide bonds. The number of rotatable bonds is 7. The molecule has 222 valence electrons. The molecule has 1 aromatic heterocycles. The maximum Gasteiger partial charge on any atom is 0.410 e. The van der Waals surface area contributed by atoms with E-state index in [1.54, 1.807) is 23.5 Å². The van der Waals surface area contributed by atoms with Crippen molar-refractivity contribution in [1.29, 1.82) is 0 Å². The fraction of sp³-hybridized carbons (Fsp3) is 0.441. The first-order chi connectivity index (χ1) is 19.9. The van der Waals surface area contributed by atoms with Crippen molar-refractivity contribution in [2.24, 2.45) is 10.9 Å². The van der Waals surface area contributed by atoms with Gasteiger partial charge in [-0.3, -0.25) is 4.99 Å². The van der Waals surface area contributed by atoms with E-state index in [0.717, 1.165) is 33.0 Å². The molecule has 0 N–H and O–H groups in total. The Hall–Kier alpha value is -3.39. The lowest BCUT2D eigenvalue weighted by Gasteiger charge is -2.46. The maximum atomic E-state index is 14.3. The third kappa shape index (κ3) is 6.33. The number of nitrogens with zero attached hydrogens (tertiary/aromatic N) is 2. The molecule has 0 radical (unpaired) electrons. The summed E-state index contributed by atoms with van der Waals surface area (Å²) in [6, 6.07) is 15.4. The van der Waals surface area contributed by atoms with Gasteiger partial charge < -0.3 is 18.8 Å². The lowest BCUT2D eigenvalue weighted by molar-refractivity contribution is -0.165. The Morgan fingerprint density at radius 2 is 1.86 bits per heavy atom. The van der Waals surface area contributed by atoms with Crippen molar-refractivity contribution in [3.8, 4) is 0 Å². The highest BCUT2D eigenvalue weighted by atomic mass is 79.9. The van der Waals surface area contributed by atoms with Crippen LogP contribution >= 0.6 is 15.9 Å².